The van der Waals surface area contributed by atoms with Crippen molar-refractivity contribution >= 4 is 5.97 Å². The van der Waals surface area contributed by atoms with Crippen LogP contribution in [0.2, 0.25) is 0 Å². The summed E-state index contributed by atoms with van der Waals surface area (Å²) in [6.07, 6.45) is 9.95. The number of hydrogen-bond acceptors (Lipinski definition) is 14. The molecular weight excluding hydrogens is 813 g/mol. The van der Waals surface area contributed by atoms with E-state index in [9.17, 15) is 15.0 Å². The minimum absolute atomic E-state index is 0.0805. The molecule has 3 unspecified atom stereocenters. The lowest BCUT2D eigenvalue weighted by Gasteiger charge is -2.48. The number of ether oxygens (including phenoxy) is 11. The summed E-state index contributed by atoms with van der Waals surface area (Å²) in [6.45, 7) is 16.4. The molecule has 0 amide bonds. The molecule has 0 radical (unpaired) electrons. The lowest BCUT2D eigenvalue weighted by molar-refractivity contribution is -0.318. The van der Waals surface area contributed by atoms with E-state index in [1.165, 1.54) is 0 Å². The van der Waals surface area contributed by atoms with E-state index in [-0.39, 0.29) is 42.7 Å². The highest BCUT2D eigenvalue weighted by atomic mass is 16.7. The van der Waals surface area contributed by atoms with Crippen LogP contribution in [0.25, 0.3) is 0 Å². The second kappa shape index (κ2) is 20.3. The molecule has 0 saturated carbocycles. The van der Waals surface area contributed by atoms with Gasteiger partial charge in [0.15, 0.2) is 18.4 Å². The van der Waals surface area contributed by atoms with Gasteiger partial charge in [-0.2, -0.15) is 0 Å². The zero-order valence-corrected chi connectivity index (χ0v) is 39.2. The number of aliphatic hydroxyl groups is 2. The van der Waals surface area contributed by atoms with Crippen LogP contribution in [0.3, 0.4) is 0 Å². The first-order valence-corrected chi connectivity index (χ1v) is 23.2. The van der Waals surface area contributed by atoms with E-state index in [0.717, 1.165) is 17.6 Å². The highest BCUT2D eigenvalue weighted by Gasteiger charge is 2.60. The number of hydrogen-bond donors (Lipinski definition) is 2. The number of esters is 1. The summed E-state index contributed by atoms with van der Waals surface area (Å²) in [7, 11) is 4.82. The third kappa shape index (κ3) is 10.0. The maximum atomic E-state index is 14.5. The first kappa shape index (κ1) is 48.6. The van der Waals surface area contributed by atoms with E-state index in [0.29, 0.717) is 37.7 Å². The van der Waals surface area contributed by atoms with E-state index in [2.05, 4.69) is 46.8 Å². The predicted molar refractivity (Wildman–Crippen MR) is 232 cm³/mol. The Hall–Kier alpha value is -2.31. The molecule has 14 heteroatoms. The highest BCUT2D eigenvalue weighted by Crippen LogP contribution is 2.48. The molecule has 0 aromatic carbocycles. The Morgan fingerprint density at radius 1 is 0.857 bits per heavy atom. The predicted octanol–water partition coefficient (Wildman–Crippen LogP) is 6.03. The average Bonchev–Trinajstić information content (AvgIpc) is 3.59. The monoisotopic (exact) mass is 887 g/mol. The van der Waals surface area contributed by atoms with Crippen molar-refractivity contribution in [2.24, 2.45) is 23.7 Å². The Labute approximate surface area is 374 Å². The Morgan fingerprint density at radius 3 is 2.29 bits per heavy atom. The molecule has 0 aromatic heterocycles. The van der Waals surface area contributed by atoms with Crippen LogP contribution in [-0.2, 0) is 56.9 Å². The van der Waals surface area contributed by atoms with E-state index >= 15 is 0 Å². The molecule has 0 aromatic rings. The summed E-state index contributed by atoms with van der Waals surface area (Å²) >= 11 is 0. The maximum absolute atomic E-state index is 14.5. The fraction of sp³-hybridized carbons (Fsp3) is 0.776. The third-order valence-corrected chi connectivity index (χ3v) is 14.7. The van der Waals surface area contributed by atoms with Crippen molar-refractivity contribution < 1.29 is 67.1 Å². The molecule has 6 heterocycles. The van der Waals surface area contributed by atoms with Crippen LogP contribution >= 0.6 is 0 Å². The number of fused-ring (bicyclic) bond motifs is 2. The SMILES string of the molecule is CCC(C)[C@H]1O[C@]2(C=C[C@@H]1C)C[C@@H]1C[C@@H](C/C=C(\C)[C@@H](OC3C[C@H](OC)C(O[C@H]4C[C@H](OC)[C@@H](O)[C@H](C)O4)[C@H](C)O3)[C@@H](C)/C=C/C=C3\CO[C@@H]4[C@H](OC)C(C)=C[C@@H](C(=O)O1)[C@]34O)O2. The van der Waals surface area contributed by atoms with Crippen molar-refractivity contribution in [2.45, 2.75) is 191 Å². The summed E-state index contributed by atoms with van der Waals surface area (Å²) in [5.41, 5.74) is 0.626. The van der Waals surface area contributed by atoms with Crippen LogP contribution < -0.4 is 0 Å². The van der Waals surface area contributed by atoms with Gasteiger partial charge in [-0.25, -0.2) is 0 Å². The zero-order chi connectivity index (χ0) is 45.4. The zero-order valence-electron chi connectivity index (χ0n) is 39.2. The van der Waals surface area contributed by atoms with Gasteiger partial charge in [0.2, 0.25) is 0 Å². The number of rotatable bonds is 9. The van der Waals surface area contributed by atoms with E-state index in [4.69, 9.17) is 52.1 Å². The highest BCUT2D eigenvalue weighted by molar-refractivity contribution is 5.78. The summed E-state index contributed by atoms with van der Waals surface area (Å²) in [4.78, 5) is 14.5. The fourth-order valence-corrected chi connectivity index (χ4v) is 10.9. The van der Waals surface area contributed by atoms with Crippen molar-refractivity contribution in [3.8, 4) is 0 Å². The number of methoxy groups -OCH3 is 3. The van der Waals surface area contributed by atoms with E-state index in [1.807, 2.05) is 38.2 Å². The molecule has 354 valence electrons. The van der Waals surface area contributed by atoms with Gasteiger partial charge in [-0.05, 0) is 62.8 Å². The molecule has 6 aliphatic heterocycles. The first-order chi connectivity index (χ1) is 30.0. The molecule has 4 fully saturated rings. The smallest absolute Gasteiger partial charge is 0.316 e. The van der Waals surface area contributed by atoms with Crippen molar-refractivity contribution in [2.75, 3.05) is 27.9 Å². The van der Waals surface area contributed by atoms with Gasteiger partial charge < -0.3 is 62.3 Å². The molecule has 7 aliphatic rings. The van der Waals surface area contributed by atoms with Gasteiger partial charge in [-0.15, -0.1) is 0 Å². The summed E-state index contributed by atoms with van der Waals surface area (Å²) in [5.74, 6) is -2.35. The van der Waals surface area contributed by atoms with Crippen LogP contribution in [-0.4, -0.2) is 141 Å². The molecule has 7 rings (SSSR count). The molecule has 1 spiro atoms. The minimum atomic E-state index is -1.71. The van der Waals surface area contributed by atoms with Crippen LogP contribution in [0.1, 0.15) is 93.9 Å². The molecule has 1 aliphatic carbocycles. The molecule has 63 heavy (non-hydrogen) atoms. The van der Waals surface area contributed by atoms with Gasteiger partial charge in [0.05, 0.1) is 49.3 Å². The van der Waals surface area contributed by atoms with Crippen LogP contribution in [0.4, 0.5) is 0 Å². The van der Waals surface area contributed by atoms with Gasteiger partial charge in [0, 0.05) is 58.8 Å². The molecule has 14 nitrogen and oxygen atoms in total. The van der Waals surface area contributed by atoms with Crippen LogP contribution in [0, 0.1) is 23.7 Å². The van der Waals surface area contributed by atoms with Gasteiger partial charge >= 0.3 is 5.97 Å². The van der Waals surface area contributed by atoms with Gasteiger partial charge in [0.1, 0.15) is 42.0 Å². The van der Waals surface area contributed by atoms with Gasteiger partial charge in [-0.1, -0.05) is 70.6 Å². The summed E-state index contributed by atoms with van der Waals surface area (Å²) in [6, 6.07) is 0. The Morgan fingerprint density at radius 2 is 1.57 bits per heavy atom. The summed E-state index contributed by atoms with van der Waals surface area (Å²) < 4.78 is 70.0. The number of aliphatic hydroxyl groups excluding tert-OH is 1. The van der Waals surface area contributed by atoms with Crippen LogP contribution in [0.15, 0.2) is 59.3 Å². The largest absolute Gasteiger partial charge is 0.462 e. The molecule has 4 saturated heterocycles. The van der Waals surface area contributed by atoms with Crippen molar-refractivity contribution in [1.29, 1.82) is 0 Å². The first-order valence-electron chi connectivity index (χ1n) is 23.2. The van der Waals surface area contributed by atoms with E-state index in [1.54, 1.807) is 34.3 Å². The van der Waals surface area contributed by atoms with E-state index < -0.39 is 90.8 Å². The normalized spacial score (nSPS) is 48.6. The molecule has 20 atom stereocenters. The lowest BCUT2D eigenvalue weighted by atomic mass is 9.70. The van der Waals surface area contributed by atoms with Crippen molar-refractivity contribution in [3.05, 3.63) is 59.3 Å². The van der Waals surface area contributed by atoms with Crippen molar-refractivity contribution in [1.82, 2.24) is 0 Å². The maximum Gasteiger partial charge on any atom is 0.316 e. The Kier molecular flexibility index (Phi) is 15.7. The van der Waals surface area contributed by atoms with Crippen molar-refractivity contribution in [3.63, 3.8) is 0 Å². The topological polar surface area (TPSA) is 159 Å². The lowest BCUT2D eigenvalue weighted by Crippen LogP contribution is -2.58. The quantitative estimate of drug-likeness (QED) is 0.204. The Balaban J connectivity index is 1.19. The molecule has 2 bridgehead atoms. The number of carbonyl (C=O) groups excluding carboxylic acids is 1. The van der Waals surface area contributed by atoms with Crippen LogP contribution in [0.5, 0.6) is 0 Å². The molecule has 2 N–H and O–H groups in total. The Bertz CT molecular complexity index is 1740. The molecular formula is C49H74O14. The second-order valence-electron chi connectivity index (χ2n) is 19.2. The number of allylic oxidation sites excluding steroid dienone is 2. The standard InChI is InChI=1S/C49H74O14/c1-12-26(2)43-29(5)18-19-48(63-43)24-35-21-34(62-48)17-16-28(4)42(60-40-23-38(54-10)45(32(8)58-40)61-39-22-37(53-9)41(50)31(7)57-39)27(3)14-13-15-33-25-56-46-44(55-11)30(6)20-36(47(51)59-35)49(33,46)52/h13-16,18-20,26-27,29,31-32,34-46,50,52H,12,17,21-25H2,1-11H3/b14-13+,28-16+,33-15+/t26?,27-,29-,31-,32-,34+,35-,36-,37-,38-,39-,40?,41-,42-,43+,44+,45?,46+,48+,49+/m0/s1. The summed E-state index contributed by atoms with van der Waals surface area (Å²) in [5, 5.41) is 23.2. The minimum Gasteiger partial charge on any atom is -0.462 e. The third-order valence-electron chi connectivity index (χ3n) is 14.7. The van der Waals surface area contributed by atoms with Gasteiger partial charge in [0.25, 0.3) is 0 Å². The van der Waals surface area contributed by atoms with Gasteiger partial charge in [-0.3, -0.25) is 4.79 Å². The fourth-order valence-electron chi connectivity index (χ4n) is 10.9. The number of carbonyl (C=O) groups is 1. The second-order valence-corrected chi connectivity index (χ2v) is 19.2. The average molecular weight is 887 g/mol.